The molecule has 0 heterocycles. The predicted molar refractivity (Wildman–Crippen MR) is 58.9 cm³/mol. The highest BCUT2D eigenvalue weighted by atomic mass is 16.5. The van der Waals surface area contributed by atoms with Crippen LogP contribution in [0.2, 0.25) is 0 Å². The fourth-order valence-electron chi connectivity index (χ4n) is 1.15. The van der Waals surface area contributed by atoms with Crippen molar-refractivity contribution >= 4 is 11.9 Å². The van der Waals surface area contributed by atoms with E-state index in [1.54, 1.807) is 6.92 Å². The average molecular weight is 232 g/mol. The first kappa shape index (κ1) is 14.9. The number of carboxylic acid groups (broad SMARTS) is 1. The molecule has 0 bridgehead atoms. The Morgan fingerprint density at radius 2 is 2.12 bits per heavy atom. The van der Waals surface area contributed by atoms with E-state index in [2.05, 4.69) is 5.32 Å². The van der Waals surface area contributed by atoms with Crippen molar-refractivity contribution in [1.29, 1.82) is 0 Å². The normalized spacial score (nSPS) is 14.2. The third-order valence-electron chi connectivity index (χ3n) is 2.29. The molecular weight excluding hydrogens is 212 g/mol. The van der Waals surface area contributed by atoms with E-state index in [4.69, 9.17) is 15.6 Å². The van der Waals surface area contributed by atoms with Crippen molar-refractivity contribution in [1.82, 2.24) is 5.32 Å². The van der Waals surface area contributed by atoms with E-state index in [-0.39, 0.29) is 19.1 Å². The molecule has 2 unspecified atom stereocenters. The number of carbonyl (C=O) groups excluding carboxylic acids is 1. The van der Waals surface area contributed by atoms with Gasteiger partial charge in [0.25, 0.3) is 0 Å². The first-order valence-corrected chi connectivity index (χ1v) is 5.32. The van der Waals surface area contributed by atoms with Gasteiger partial charge in [0, 0.05) is 6.54 Å². The largest absolute Gasteiger partial charge is 0.480 e. The Morgan fingerprint density at radius 1 is 1.50 bits per heavy atom. The highest BCUT2D eigenvalue weighted by molar-refractivity contribution is 5.84. The Morgan fingerprint density at radius 3 is 2.56 bits per heavy atom. The zero-order valence-corrected chi connectivity index (χ0v) is 9.73. The van der Waals surface area contributed by atoms with E-state index in [0.717, 1.165) is 0 Å². The number of hydrogen-bond donors (Lipinski definition) is 3. The molecule has 0 aliphatic carbocycles. The van der Waals surface area contributed by atoms with Gasteiger partial charge in [0.1, 0.15) is 12.6 Å². The average Bonchev–Trinajstić information content (AvgIpc) is 2.25. The van der Waals surface area contributed by atoms with Crippen molar-refractivity contribution in [2.75, 3.05) is 19.8 Å². The van der Waals surface area contributed by atoms with Crippen LogP contribution in [0.5, 0.6) is 0 Å². The zero-order chi connectivity index (χ0) is 12.6. The Balaban J connectivity index is 4.09. The van der Waals surface area contributed by atoms with Gasteiger partial charge in [-0.2, -0.15) is 0 Å². The summed E-state index contributed by atoms with van der Waals surface area (Å²) in [6.45, 7) is 4.12. The molecule has 0 aliphatic heterocycles. The third-order valence-corrected chi connectivity index (χ3v) is 2.29. The zero-order valence-electron chi connectivity index (χ0n) is 9.73. The maximum Gasteiger partial charge on any atom is 0.326 e. The second-order valence-corrected chi connectivity index (χ2v) is 3.61. The molecule has 6 heteroatoms. The number of rotatable bonds is 8. The van der Waals surface area contributed by atoms with Crippen molar-refractivity contribution < 1.29 is 19.4 Å². The Labute approximate surface area is 95.1 Å². The van der Waals surface area contributed by atoms with Crippen LogP contribution < -0.4 is 11.1 Å². The molecule has 4 N–H and O–H groups in total. The van der Waals surface area contributed by atoms with Gasteiger partial charge in [-0.05, 0) is 5.92 Å². The van der Waals surface area contributed by atoms with Crippen molar-refractivity contribution in [3.63, 3.8) is 0 Å². The number of carbonyl (C=O) groups is 2. The molecule has 0 spiro atoms. The lowest BCUT2D eigenvalue weighted by atomic mass is 9.99. The molecule has 94 valence electrons. The molecule has 0 saturated heterocycles. The third kappa shape index (κ3) is 5.67. The lowest BCUT2D eigenvalue weighted by Gasteiger charge is -2.19. The van der Waals surface area contributed by atoms with Crippen LogP contribution in [0.4, 0.5) is 0 Å². The van der Waals surface area contributed by atoms with Crippen LogP contribution in [0, 0.1) is 5.92 Å². The first-order valence-electron chi connectivity index (χ1n) is 5.32. The second-order valence-electron chi connectivity index (χ2n) is 3.61. The number of nitrogens with two attached hydrogens (primary N) is 1. The number of amides is 1. The standard InChI is InChI=1S/C10H20N2O4/c1-3-7(2)9(10(14)15)12-8(13)6-16-5-4-11/h7,9H,3-6,11H2,1-2H3,(H,12,13)(H,14,15). The summed E-state index contributed by atoms with van der Waals surface area (Å²) in [5.74, 6) is -1.57. The molecule has 0 aromatic heterocycles. The van der Waals surface area contributed by atoms with Crippen LogP contribution in [0.15, 0.2) is 0 Å². The highest BCUT2D eigenvalue weighted by Gasteiger charge is 2.24. The highest BCUT2D eigenvalue weighted by Crippen LogP contribution is 2.07. The summed E-state index contributed by atoms with van der Waals surface area (Å²) in [5.41, 5.74) is 5.18. The summed E-state index contributed by atoms with van der Waals surface area (Å²) < 4.78 is 4.91. The van der Waals surface area contributed by atoms with Gasteiger partial charge in [-0.25, -0.2) is 4.79 Å². The Bertz CT molecular complexity index is 233. The maximum absolute atomic E-state index is 11.3. The van der Waals surface area contributed by atoms with Gasteiger partial charge in [0.15, 0.2) is 0 Å². The summed E-state index contributed by atoms with van der Waals surface area (Å²) in [7, 11) is 0. The van der Waals surface area contributed by atoms with Gasteiger partial charge < -0.3 is 20.9 Å². The number of carboxylic acids is 1. The Hall–Kier alpha value is -1.14. The summed E-state index contributed by atoms with van der Waals surface area (Å²) in [4.78, 5) is 22.2. The van der Waals surface area contributed by atoms with Gasteiger partial charge in [-0.3, -0.25) is 4.79 Å². The van der Waals surface area contributed by atoms with Gasteiger partial charge in [0.2, 0.25) is 5.91 Å². The van der Waals surface area contributed by atoms with Crippen LogP contribution in [0.1, 0.15) is 20.3 Å². The van der Waals surface area contributed by atoms with Gasteiger partial charge in [-0.1, -0.05) is 20.3 Å². The van der Waals surface area contributed by atoms with Gasteiger partial charge >= 0.3 is 5.97 Å². The quantitative estimate of drug-likeness (QED) is 0.493. The van der Waals surface area contributed by atoms with E-state index in [9.17, 15) is 9.59 Å². The summed E-state index contributed by atoms with van der Waals surface area (Å²) in [6.07, 6.45) is 0.681. The maximum atomic E-state index is 11.3. The van der Waals surface area contributed by atoms with Crippen molar-refractivity contribution in [3.8, 4) is 0 Å². The number of nitrogens with one attached hydrogen (secondary N) is 1. The molecular formula is C10H20N2O4. The molecule has 0 saturated carbocycles. The molecule has 1 amide bonds. The second kappa shape index (κ2) is 8.06. The lowest BCUT2D eigenvalue weighted by Crippen LogP contribution is -2.46. The Kier molecular flexibility index (Phi) is 7.49. The fourth-order valence-corrected chi connectivity index (χ4v) is 1.15. The molecule has 0 radical (unpaired) electrons. The van der Waals surface area contributed by atoms with Crippen LogP contribution >= 0.6 is 0 Å². The number of ether oxygens (including phenoxy) is 1. The van der Waals surface area contributed by atoms with E-state index in [1.165, 1.54) is 0 Å². The monoisotopic (exact) mass is 232 g/mol. The van der Waals surface area contributed by atoms with E-state index >= 15 is 0 Å². The van der Waals surface area contributed by atoms with E-state index in [0.29, 0.717) is 13.0 Å². The minimum atomic E-state index is -1.03. The molecule has 0 rings (SSSR count). The van der Waals surface area contributed by atoms with Crippen molar-refractivity contribution in [2.45, 2.75) is 26.3 Å². The summed E-state index contributed by atoms with van der Waals surface area (Å²) >= 11 is 0. The minimum Gasteiger partial charge on any atom is -0.480 e. The first-order chi connectivity index (χ1) is 7.52. The minimum absolute atomic E-state index is 0.115. The van der Waals surface area contributed by atoms with E-state index < -0.39 is 17.9 Å². The predicted octanol–water partition coefficient (Wildman–Crippen LogP) is -0.423. The van der Waals surface area contributed by atoms with Crippen LogP contribution in [-0.4, -0.2) is 42.8 Å². The number of aliphatic carboxylic acids is 1. The fraction of sp³-hybridized carbons (Fsp3) is 0.800. The lowest BCUT2D eigenvalue weighted by molar-refractivity contribution is -0.144. The van der Waals surface area contributed by atoms with Crippen molar-refractivity contribution in [3.05, 3.63) is 0 Å². The summed E-state index contributed by atoms with van der Waals surface area (Å²) in [6, 6.07) is -0.862. The van der Waals surface area contributed by atoms with Gasteiger partial charge in [0.05, 0.1) is 6.61 Å². The molecule has 0 aromatic carbocycles. The molecule has 16 heavy (non-hydrogen) atoms. The molecule has 2 atom stereocenters. The van der Waals surface area contributed by atoms with Crippen LogP contribution in [0.25, 0.3) is 0 Å². The molecule has 6 nitrogen and oxygen atoms in total. The summed E-state index contributed by atoms with van der Waals surface area (Å²) in [5, 5.41) is 11.3. The van der Waals surface area contributed by atoms with Crippen LogP contribution in [0.3, 0.4) is 0 Å². The SMILES string of the molecule is CCC(C)C(NC(=O)COCCN)C(=O)O. The smallest absolute Gasteiger partial charge is 0.326 e. The van der Waals surface area contributed by atoms with E-state index in [1.807, 2.05) is 6.92 Å². The molecule has 0 aromatic rings. The van der Waals surface area contributed by atoms with Gasteiger partial charge in [-0.15, -0.1) is 0 Å². The molecule has 0 aliphatic rings. The topological polar surface area (TPSA) is 102 Å². The molecule has 0 fully saturated rings. The van der Waals surface area contributed by atoms with Crippen molar-refractivity contribution in [2.24, 2.45) is 11.7 Å². The van der Waals surface area contributed by atoms with Crippen LogP contribution in [-0.2, 0) is 14.3 Å². The number of hydrogen-bond acceptors (Lipinski definition) is 4.